The number of carbonyl (C=O) groups excluding carboxylic acids is 2. The lowest BCUT2D eigenvalue weighted by molar-refractivity contribution is -0.129. The lowest BCUT2D eigenvalue weighted by atomic mass is 10.0. The van der Waals surface area contributed by atoms with E-state index in [1.165, 1.54) is 4.90 Å². The zero-order valence-electron chi connectivity index (χ0n) is 15.2. The Labute approximate surface area is 168 Å². The highest BCUT2D eigenvalue weighted by molar-refractivity contribution is 6.31. The largest absolute Gasteiger partial charge is 0.376 e. The summed E-state index contributed by atoms with van der Waals surface area (Å²) in [4.78, 5) is 26.8. The van der Waals surface area contributed by atoms with Crippen LogP contribution in [-0.2, 0) is 4.79 Å². The molecule has 0 saturated heterocycles. The van der Waals surface area contributed by atoms with Gasteiger partial charge >= 0.3 is 0 Å². The molecule has 0 fully saturated rings. The zero-order chi connectivity index (χ0) is 20.4. The van der Waals surface area contributed by atoms with Gasteiger partial charge in [-0.15, -0.1) is 0 Å². The van der Waals surface area contributed by atoms with E-state index >= 15 is 0 Å². The first-order valence-corrected chi connectivity index (χ1v) is 9.09. The first kappa shape index (κ1) is 21.0. The second kappa shape index (κ2) is 10.7. The number of anilines is 1. The Morgan fingerprint density at radius 1 is 1.00 bits per heavy atom. The lowest BCUT2D eigenvalue weighted by Gasteiger charge is -2.21. The van der Waals surface area contributed by atoms with Gasteiger partial charge in [0, 0.05) is 34.9 Å². The Kier molecular flexibility index (Phi) is 8.02. The van der Waals surface area contributed by atoms with Gasteiger partial charge in [-0.2, -0.15) is 10.5 Å². The molecule has 2 aromatic carbocycles. The van der Waals surface area contributed by atoms with E-state index in [2.05, 4.69) is 5.32 Å². The number of amides is 1. The van der Waals surface area contributed by atoms with E-state index in [9.17, 15) is 9.59 Å². The van der Waals surface area contributed by atoms with Crippen LogP contribution in [0.15, 0.2) is 48.5 Å². The Morgan fingerprint density at radius 2 is 1.64 bits per heavy atom. The molecule has 0 aliphatic heterocycles. The Balaban J connectivity index is 2.15. The van der Waals surface area contributed by atoms with E-state index in [1.807, 2.05) is 18.2 Å². The molecule has 0 aromatic heterocycles. The third kappa shape index (κ3) is 5.84. The summed E-state index contributed by atoms with van der Waals surface area (Å²) in [5.74, 6) is -0.456. The monoisotopic (exact) mass is 394 g/mol. The van der Waals surface area contributed by atoms with Gasteiger partial charge in [0.1, 0.15) is 0 Å². The molecule has 0 radical (unpaired) electrons. The number of halogens is 1. The lowest BCUT2D eigenvalue weighted by Crippen LogP contribution is -2.37. The molecule has 2 rings (SSSR count). The fourth-order valence-corrected chi connectivity index (χ4v) is 2.79. The molecule has 0 unspecified atom stereocenters. The fraction of sp³-hybridized carbons (Fsp3) is 0.238. The van der Waals surface area contributed by atoms with Crippen LogP contribution in [0.5, 0.6) is 0 Å². The molecule has 1 N–H and O–H groups in total. The Bertz CT molecular complexity index is 898. The third-order valence-electron chi connectivity index (χ3n) is 4.03. The second-order valence-electron chi connectivity index (χ2n) is 5.94. The summed E-state index contributed by atoms with van der Waals surface area (Å²) < 4.78 is 0. The number of nitrogens with one attached hydrogen (secondary N) is 1. The highest BCUT2D eigenvalue weighted by atomic mass is 35.5. The molecule has 2 aromatic rings. The summed E-state index contributed by atoms with van der Waals surface area (Å²) in [6.45, 7) is 0.456. The molecule has 0 heterocycles. The summed E-state index contributed by atoms with van der Waals surface area (Å²) in [7, 11) is 0. The summed E-state index contributed by atoms with van der Waals surface area (Å²) in [5, 5.41) is 20.9. The molecule has 142 valence electrons. The number of benzene rings is 2. The smallest absolute Gasteiger partial charge is 0.241 e. The Hall–Kier alpha value is -3.35. The van der Waals surface area contributed by atoms with Gasteiger partial charge in [-0.3, -0.25) is 9.59 Å². The number of hydrogen-bond donors (Lipinski definition) is 1. The molecule has 0 spiro atoms. The third-order valence-corrected chi connectivity index (χ3v) is 4.27. The number of carbonyl (C=O) groups is 2. The van der Waals surface area contributed by atoms with Crippen molar-refractivity contribution in [2.75, 3.05) is 25.0 Å². The average molecular weight is 395 g/mol. The van der Waals surface area contributed by atoms with Crippen LogP contribution in [0.3, 0.4) is 0 Å². The minimum Gasteiger partial charge on any atom is -0.376 e. The predicted octanol–water partition coefficient (Wildman–Crippen LogP) is 3.64. The molecule has 28 heavy (non-hydrogen) atoms. The zero-order valence-corrected chi connectivity index (χ0v) is 15.9. The maximum atomic E-state index is 12.8. The van der Waals surface area contributed by atoms with E-state index in [1.54, 1.807) is 42.5 Å². The van der Waals surface area contributed by atoms with Gasteiger partial charge in [0.05, 0.1) is 31.5 Å². The predicted molar refractivity (Wildman–Crippen MR) is 107 cm³/mol. The summed E-state index contributed by atoms with van der Waals surface area (Å²) in [6.07, 6.45) is 0.381. The van der Waals surface area contributed by atoms with Crippen molar-refractivity contribution in [3.63, 3.8) is 0 Å². The van der Waals surface area contributed by atoms with Crippen molar-refractivity contribution in [3.05, 3.63) is 64.7 Å². The van der Waals surface area contributed by atoms with Crippen LogP contribution in [0.4, 0.5) is 5.69 Å². The summed E-state index contributed by atoms with van der Waals surface area (Å²) in [6, 6.07) is 17.6. The molecular weight excluding hydrogens is 376 g/mol. The second-order valence-corrected chi connectivity index (χ2v) is 6.37. The standard InChI is InChI=1S/C21H19ClN4O2/c22-17-8-9-19(18(14-17)21(28)16-6-2-1-3-7-16)25-15-20(27)26(12-4-10-23)13-5-11-24/h1-3,6-9,14,25H,4-5,12-13,15H2. The fourth-order valence-electron chi connectivity index (χ4n) is 2.62. The maximum absolute atomic E-state index is 12.8. The number of rotatable bonds is 9. The molecule has 1 amide bonds. The van der Waals surface area contributed by atoms with Gasteiger partial charge in [-0.1, -0.05) is 41.9 Å². The van der Waals surface area contributed by atoms with Crippen molar-refractivity contribution in [1.29, 1.82) is 10.5 Å². The van der Waals surface area contributed by atoms with Crippen LogP contribution in [0.2, 0.25) is 5.02 Å². The first-order chi connectivity index (χ1) is 13.6. The number of nitrogens with zero attached hydrogens (tertiary/aromatic N) is 3. The molecule has 6 nitrogen and oxygen atoms in total. The summed E-state index contributed by atoms with van der Waals surface area (Å²) >= 11 is 6.06. The minimum atomic E-state index is -0.251. The maximum Gasteiger partial charge on any atom is 0.241 e. The molecule has 0 aliphatic carbocycles. The number of hydrogen-bond acceptors (Lipinski definition) is 5. The van der Waals surface area contributed by atoms with Gasteiger partial charge in [0.2, 0.25) is 5.91 Å². The van der Waals surface area contributed by atoms with Crippen LogP contribution < -0.4 is 5.32 Å². The quantitative estimate of drug-likeness (QED) is 0.655. The van der Waals surface area contributed by atoms with Gasteiger partial charge in [0.15, 0.2) is 5.78 Å². The van der Waals surface area contributed by atoms with Crippen molar-refractivity contribution < 1.29 is 9.59 Å². The van der Waals surface area contributed by atoms with E-state index in [0.717, 1.165) is 0 Å². The normalized spacial score (nSPS) is 9.82. The van der Waals surface area contributed by atoms with Gasteiger partial charge in [0.25, 0.3) is 0 Å². The van der Waals surface area contributed by atoms with Crippen LogP contribution in [0, 0.1) is 22.7 Å². The van der Waals surface area contributed by atoms with Crippen molar-refractivity contribution >= 4 is 29.0 Å². The van der Waals surface area contributed by atoms with Crippen LogP contribution in [0.1, 0.15) is 28.8 Å². The number of ketones is 1. The molecule has 7 heteroatoms. The highest BCUT2D eigenvalue weighted by Gasteiger charge is 2.17. The van der Waals surface area contributed by atoms with Gasteiger partial charge < -0.3 is 10.2 Å². The topological polar surface area (TPSA) is 97.0 Å². The number of nitriles is 2. The SMILES string of the molecule is N#CCCN(CCC#N)C(=O)CNc1ccc(Cl)cc1C(=O)c1ccccc1. The van der Waals surface area contributed by atoms with Crippen LogP contribution >= 0.6 is 11.6 Å². The van der Waals surface area contributed by atoms with Gasteiger partial charge in [-0.25, -0.2) is 0 Å². The first-order valence-electron chi connectivity index (χ1n) is 8.71. The van der Waals surface area contributed by atoms with Crippen molar-refractivity contribution in [3.8, 4) is 12.1 Å². The van der Waals surface area contributed by atoms with Crippen molar-refractivity contribution in [1.82, 2.24) is 4.90 Å². The van der Waals surface area contributed by atoms with Crippen LogP contribution in [0.25, 0.3) is 0 Å². The molecule has 0 atom stereocenters. The van der Waals surface area contributed by atoms with Crippen LogP contribution in [-0.4, -0.2) is 36.2 Å². The summed E-state index contributed by atoms with van der Waals surface area (Å²) in [5.41, 5.74) is 1.38. The van der Waals surface area contributed by atoms with E-state index < -0.39 is 0 Å². The minimum absolute atomic E-state index is 0.0619. The molecule has 0 bridgehead atoms. The average Bonchev–Trinajstić information content (AvgIpc) is 2.72. The van der Waals surface area contributed by atoms with Crippen molar-refractivity contribution in [2.24, 2.45) is 0 Å². The van der Waals surface area contributed by atoms with Gasteiger partial charge in [-0.05, 0) is 18.2 Å². The molecular formula is C21H19ClN4O2. The van der Waals surface area contributed by atoms with E-state index in [0.29, 0.717) is 21.8 Å². The van der Waals surface area contributed by atoms with Crippen molar-refractivity contribution in [2.45, 2.75) is 12.8 Å². The highest BCUT2D eigenvalue weighted by Crippen LogP contribution is 2.23. The molecule has 0 saturated carbocycles. The Morgan fingerprint density at radius 3 is 2.25 bits per heavy atom. The van der Waals surface area contributed by atoms with E-state index in [-0.39, 0.29) is 44.2 Å². The molecule has 0 aliphatic rings. The van der Waals surface area contributed by atoms with E-state index in [4.69, 9.17) is 22.1 Å².